The predicted molar refractivity (Wildman–Crippen MR) is 79.5 cm³/mol. The van der Waals surface area contributed by atoms with Gasteiger partial charge in [-0.3, -0.25) is 0 Å². The zero-order valence-electron chi connectivity index (χ0n) is 10.8. The van der Waals surface area contributed by atoms with Crippen molar-refractivity contribution in [2.45, 2.75) is 25.1 Å². The number of halogens is 2. The Labute approximate surface area is 121 Å². The SMILES string of the molecule is CCCc1ccc(Oc2c(F)cccc2CBr)cc1. The third-order valence-corrected chi connectivity index (χ3v) is 3.48. The number of hydrogen-bond acceptors (Lipinski definition) is 1. The van der Waals surface area contributed by atoms with E-state index in [1.165, 1.54) is 11.6 Å². The standard InChI is InChI=1S/C16H16BrFO/c1-2-4-12-7-9-14(10-8-12)19-16-13(11-17)5-3-6-15(16)18/h3,5-10H,2,4,11H2,1H3. The molecule has 100 valence electrons. The second-order valence-electron chi connectivity index (χ2n) is 4.36. The molecule has 2 aromatic rings. The lowest BCUT2D eigenvalue weighted by Gasteiger charge is -2.11. The van der Waals surface area contributed by atoms with Crippen LogP contribution in [-0.4, -0.2) is 0 Å². The van der Waals surface area contributed by atoms with Crippen LogP contribution >= 0.6 is 15.9 Å². The first-order valence-electron chi connectivity index (χ1n) is 6.34. The van der Waals surface area contributed by atoms with Crippen molar-refractivity contribution >= 4 is 15.9 Å². The number of para-hydroxylation sites is 1. The van der Waals surface area contributed by atoms with E-state index in [2.05, 4.69) is 22.9 Å². The Morgan fingerprint density at radius 1 is 1.11 bits per heavy atom. The highest BCUT2D eigenvalue weighted by Gasteiger charge is 2.09. The van der Waals surface area contributed by atoms with E-state index in [9.17, 15) is 4.39 Å². The van der Waals surface area contributed by atoms with E-state index in [4.69, 9.17) is 4.74 Å². The maximum atomic E-state index is 13.8. The van der Waals surface area contributed by atoms with Crippen LogP contribution in [0.3, 0.4) is 0 Å². The summed E-state index contributed by atoms with van der Waals surface area (Å²) in [6, 6.07) is 12.8. The monoisotopic (exact) mass is 322 g/mol. The highest BCUT2D eigenvalue weighted by atomic mass is 79.9. The molecule has 0 unspecified atom stereocenters. The summed E-state index contributed by atoms with van der Waals surface area (Å²) in [5.41, 5.74) is 2.07. The van der Waals surface area contributed by atoms with Crippen LogP contribution in [0.5, 0.6) is 11.5 Å². The first-order valence-corrected chi connectivity index (χ1v) is 7.47. The lowest BCUT2D eigenvalue weighted by Crippen LogP contribution is -1.93. The quantitative estimate of drug-likeness (QED) is 0.663. The minimum absolute atomic E-state index is 0.294. The van der Waals surface area contributed by atoms with Gasteiger partial charge in [-0.15, -0.1) is 0 Å². The van der Waals surface area contributed by atoms with E-state index >= 15 is 0 Å². The summed E-state index contributed by atoms with van der Waals surface area (Å²) in [6.07, 6.45) is 2.16. The van der Waals surface area contributed by atoms with Gasteiger partial charge in [-0.2, -0.15) is 0 Å². The van der Waals surface area contributed by atoms with Gasteiger partial charge in [-0.1, -0.05) is 53.5 Å². The molecule has 0 atom stereocenters. The Hall–Kier alpha value is -1.35. The van der Waals surface area contributed by atoms with Gasteiger partial charge in [-0.25, -0.2) is 4.39 Å². The highest BCUT2D eigenvalue weighted by molar-refractivity contribution is 9.08. The van der Waals surface area contributed by atoms with Gasteiger partial charge in [-0.05, 0) is 30.2 Å². The van der Waals surface area contributed by atoms with Crippen LogP contribution in [0, 0.1) is 5.82 Å². The Balaban J connectivity index is 2.21. The topological polar surface area (TPSA) is 9.23 Å². The number of alkyl halides is 1. The zero-order chi connectivity index (χ0) is 13.7. The molecule has 0 aromatic heterocycles. The highest BCUT2D eigenvalue weighted by Crippen LogP contribution is 2.30. The second kappa shape index (κ2) is 6.71. The molecule has 19 heavy (non-hydrogen) atoms. The molecule has 0 N–H and O–H groups in total. The summed E-state index contributed by atoms with van der Waals surface area (Å²) >= 11 is 3.34. The molecule has 2 aromatic carbocycles. The molecule has 0 fully saturated rings. The zero-order valence-corrected chi connectivity index (χ0v) is 12.4. The molecule has 2 rings (SSSR count). The average Bonchev–Trinajstić information content (AvgIpc) is 2.43. The molecule has 0 aliphatic rings. The van der Waals surface area contributed by atoms with Gasteiger partial charge in [0.05, 0.1) is 0 Å². The summed E-state index contributed by atoms with van der Waals surface area (Å²) in [6.45, 7) is 2.14. The van der Waals surface area contributed by atoms with Gasteiger partial charge >= 0.3 is 0 Å². The Morgan fingerprint density at radius 3 is 2.47 bits per heavy atom. The first-order chi connectivity index (χ1) is 9.24. The van der Waals surface area contributed by atoms with E-state index in [1.807, 2.05) is 30.3 Å². The summed E-state index contributed by atoms with van der Waals surface area (Å²) in [5, 5.41) is 0.564. The molecular formula is C16H16BrFO. The van der Waals surface area contributed by atoms with Crippen molar-refractivity contribution in [3.63, 3.8) is 0 Å². The molecule has 0 radical (unpaired) electrons. The third-order valence-electron chi connectivity index (χ3n) is 2.87. The lowest BCUT2D eigenvalue weighted by atomic mass is 10.1. The van der Waals surface area contributed by atoms with Crippen molar-refractivity contribution in [1.29, 1.82) is 0 Å². The van der Waals surface area contributed by atoms with Crippen molar-refractivity contribution in [2.75, 3.05) is 0 Å². The minimum Gasteiger partial charge on any atom is -0.454 e. The molecule has 0 amide bonds. The van der Waals surface area contributed by atoms with Crippen LogP contribution in [0.4, 0.5) is 4.39 Å². The van der Waals surface area contributed by atoms with Gasteiger partial charge in [0.25, 0.3) is 0 Å². The van der Waals surface area contributed by atoms with Crippen LogP contribution in [0.2, 0.25) is 0 Å². The molecule has 0 aliphatic carbocycles. The predicted octanol–water partition coefficient (Wildman–Crippen LogP) is 5.47. The Kier molecular flexibility index (Phi) is 4.97. The van der Waals surface area contributed by atoms with Crippen LogP contribution in [0.1, 0.15) is 24.5 Å². The number of ether oxygens (including phenoxy) is 1. The molecule has 0 saturated carbocycles. The van der Waals surface area contributed by atoms with Crippen LogP contribution in [0.15, 0.2) is 42.5 Å². The van der Waals surface area contributed by atoms with E-state index in [0.29, 0.717) is 16.8 Å². The Morgan fingerprint density at radius 2 is 1.84 bits per heavy atom. The molecule has 0 spiro atoms. The molecule has 0 saturated heterocycles. The maximum absolute atomic E-state index is 13.8. The van der Waals surface area contributed by atoms with E-state index in [1.54, 1.807) is 6.07 Å². The number of aryl methyl sites for hydroxylation is 1. The molecule has 3 heteroatoms. The van der Waals surface area contributed by atoms with Gasteiger partial charge in [0.15, 0.2) is 11.6 Å². The lowest BCUT2D eigenvalue weighted by molar-refractivity contribution is 0.438. The van der Waals surface area contributed by atoms with Crippen molar-refractivity contribution in [2.24, 2.45) is 0 Å². The number of hydrogen-bond donors (Lipinski definition) is 0. The number of rotatable bonds is 5. The maximum Gasteiger partial charge on any atom is 0.167 e. The normalized spacial score (nSPS) is 10.5. The second-order valence-corrected chi connectivity index (χ2v) is 4.92. The molecule has 1 nitrogen and oxygen atoms in total. The fraction of sp³-hybridized carbons (Fsp3) is 0.250. The summed E-state index contributed by atoms with van der Waals surface area (Å²) in [5.74, 6) is 0.615. The molecule has 0 aliphatic heterocycles. The first kappa shape index (κ1) is 14.1. The summed E-state index contributed by atoms with van der Waals surface area (Å²) in [7, 11) is 0. The fourth-order valence-corrected chi connectivity index (χ4v) is 2.35. The molecule has 0 bridgehead atoms. The largest absolute Gasteiger partial charge is 0.454 e. The summed E-state index contributed by atoms with van der Waals surface area (Å²) < 4.78 is 19.4. The Bertz CT molecular complexity index is 537. The van der Waals surface area contributed by atoms with Crippen LogP contribution in [-0.2, 0) is 11.8 Å². The van der Waals surface area contributed by atoms with Crippen molar-refractivity contribution in [3.05, 3.63) is 59.4 Å². The fourth-order valence-electron chi connectivity index (χ4n) is 1.90. The average molecular weight is 323 g/mol. The van der Waals surface area contributed by atoms with E-state index in [0.717, 1.165) is 18.4 Å². The molecular weight excluding hydrogens is 307 g/mol. The minimum atomic E-state index is -0.338. The van der Waals surface area contributed by atoms with Gasteiger partial charge in [0, 0.05) is 10.9 Å². The summed E-state index contributed by atoms with van der Waals surface area (Å²) in [4.78, 5) is 0. The van der Waals surface area contributed by atoms with Gasteiger partial charge in [0.2, 0.25) is 0 Å². The van der Waals surface area contributed by atoms with Gasteiger partial charge in [0.1, 0.15) is 5.75 Å². The van der Waals surface area contributed by atoms with Gasteiger partial charge < -0.3 is 4.74 Å². The van der Waals surface area contributed by atoms with E-state index < -0.39 is 0 Å². The smallest absolute Gasteiger partial charge is 0.167 e. The van der Waals surface area contributed by atoms with Crippen LogP contribution < -0.4 is 4.74 Å². The molecule has 0 heterocycles. The van der Waals surface area contributed by atoms with Crippen molar-refractivity contribution in [1.82, 2.24) is 0 Å². The van der Waals surface area contributed by atoms with E-state index in [-0.39, 0.29) is 5.82 Å². The third kappa shape index (κ3) is 3.57. The number of benzene rings is 2. The van der Waals surface area contributed by atoms with Crippen molar-refractivity contribution in [3.8, 4) is 11.5 Å². The van der Waals surface area contributed by atoms with Crippen molar-refractivity contribution < 1.29 is 9.13 Å². The van der Waals surface area contributed by atoms with Crippen LogP contribution in [0.25, 0.3) is 0 Å².